The molecule has 0 aliphatic carbocycles. The highest BCUT2D eigenvalue weighted by Crippen LogP contribution is 2.15. The summed E-state index contributed by atoms with van der Waals surface area (Å²) in [5.41, 5.74) is 5.90. The lowest BCUT2D eigenvalue weighted by molar-refractivity contribution is -0.128. The summed E-state index contributed by atoms with van der Waals surface area (Å²) in [4.78, 5) is 12.9. The van der Waals surface area contributed by atoms with Crippen LogP contribution in [0.25, 0.3) is 0 Å². The van der Waals surface area contributed by atoms with E-state index in [1.54, 1.807) is 6.92 Å². The summed E-state index contributed by atoms with van der Waals surface area (Å²) in [5, 5.41) is 0. The fourth-order valence-electron chi connectivity index (χ4n) is 1.59. The van der Waals surface area contributed by atoms with Crippen molar-refractivity contribution in [3.8, 4) is 0 Å². The molecule has 0 aromatic heterocycles. The quantitative estimate of drug-likeness (QED) is 0.578. The van der Waals surface area contributed by atoms with Gasteiger partial charge in [-0.2, -0.15) is 0 Å². The van der Waals surface area contributed by atoms with Gasteiger partial charge in [-0.25, -0.2) is 0 Å². The third-order valence-electron chi connectivity index (χ3n) is 2.76. The number of nitrogens with zero attached hydrogens (tertiary/aromatic N) is 1. The van der Waals surface area contributed by atoms with E-state index in [1.165, 1.54) is 0 Å². The normalized spacial score (nSPS) is 31.4. The van der Waals surface area contributed by atoms with Crippen LogP contribution in [0, 0.1) is 5.92 Å². The minimum atomic E-state index is 0.177. The first-order chi connectivity index (χ1) is 5.61. The molecule has 3 heteroatoms. The van der Waals surface area contributed by atoms with Crippen LogP contribution in [0.5, 0.6) is 0 Å². The second kappa shape index (κ2) is 3.90. The van der Waals surface area contributed by atoms with Crippen molar-refractivity contribution in [2.75, 3.05) is 13.1 Å². The zero-order valence-corrected chi connectivity index (χ0v) is 7.92. The Morgan fingerprint density at radius 1 is 1.42 bits per heavy atom. The monoisotopic (exact) mass is 170 g/mol. The van der Waals surface area contributed by atoms with Gasteiger partial charge in [-0.1, -0.05) is 6.92 Å². The molecule has 1 rings (SSSR count). The van der Waals surface area contributed by atoms with Gasteiger partial charge in [0.1, 0.15) is 0 Å². The maximum absolute atomic E-state index is 11.1. The molecule has 0 aromatic rings. The van der Waals surface area contributed by atoms with Crippen molar-refractivity contribution in [1.29, 1.82) is 0 Å². The molecule has 0 radical (unpaired) electrons. The van der Waals surface area contributed by atoms with Crippen molar-refractivity contribution in [3.63, 3.8) is 0 Å². The molecule has 2 N–H and O–H groups in total. The van der Waals surface area contributed by atoms with Gasteiger partial charge < -0.3 is 10.6 Å². The van der Waals surface area contributed by atoms with Crippen LogP contribution >= 0.6 is 0 Å². The number of hydrogen-bond acceptors (Lipinski definition) is 2. The van der Waals surface area contributed by atoms with E-state index in [0.29, 0.717) is 5.92 Å². The maximum Gasteiger partial charge on any atom is 0.219 e. The van der Waals surface area contributed by atoms with E-state index < -0.39 is 0 Å². The van der Waals surface area contributed by atoms with Crippen LogP contribution in [0.1, 0.15) is 26.7 Å². The number of amides is 1. The molecule has 70 valence electrons. The molecule has 1 aliphatic rings. The number of rotatable bonds is 0. The lowest BCUT2D eigenvalue weighted by Gasteiger charge is -2.17. The molecular formula is C9H18N2O. The van der Waals surface area contributed by atoms with E-state index >= 15 is 0 Å². The number of carbonyl (C=O) groups is 1. The van der Waals surface area contributed by atoms with Crippen LogP contribution in [0.2, 0.25) is 0 Å². The molecule has 2 atom stereocenters. The van der Waals surface area contributed by atoms with Gasteiger partial charge >= 0.3 is 0 Å². The molecule has 1 heterocycles. The molecule has 0 spiro atoms. The van der Waals surface area contributed by atoms with Gasteiger partial charge in [0.25, 0.3) is 0 Å². The molecule has 0 saturated carbocycles. The predicted octanol–water partition coefficient (Wildman–Crippen LogP) is 0.592. The van der Waals surface area contributed by atoms with E-state index in [-0.39, 0.29) is 11.9 Å². The summed E-state index contributed by atoms with van der Waals surface area (Å²) >= 11 is 0. The van der Waals surface area contributed by atoms with Crippen molar-refractivity contribution in [3.05, 3.63) is 0 Å². The second-order valence-electron chi connectivity index (χ2n) is 3.72. The molecule has 2 unspecified atom stereocenters. The van der Waals surface area contributed by atoms with E-state index in [4.69, 9.17) is 5.73 Å². The largest absolute Gasteiger partial charge is 0.343 e. The van der Waals surface area contributed by atoms with Gasteiger partial charge in [0.15, 0.2) is 0 Å². The molecule has 1 saturated heterocycles. The van der Waals surface area contributed by atoms with Crippen LogP contribution in [-0.2, 0) is 4.79 Å². The zero-order chi connectivity index (χ0) is 9.14. The van der Waals surface area contributed by atoms with Crippen LogP contribution < -0.4 is 5.73 Å². The molecule has 0 bridgehead atoms. The minimum absolute atomic E-state index is 0.177. The maximum atomic E-state index is 11.1. The summed E-state index contributed by atoms with van der Waals surface area (Å²) in [5.74, 6) is 0.727. The third-order valence-corrected chi connectivity index (χ3v) is 2.76. The molecule has 12 heavy (non-hydrogen) atoms. The summed E-state index contributed by atoms with van der Waals surface area (Å²) in [6.45, 7) is 5.50. The Balaban J connectivity index is 2.49. The zero-order valence-electron chi connectivity index (χ0n) is 7.92. The van der Waals surface area contributed by atoms with Crippen molar-refractivity contribution in [2.24, 2.45) is 11.7 Å². The topological polar surface area (TPSA) is 46.3 Å². The van der Waals surface area contributed by atoms with Gasteiger partial charge in [0.2, 0.25) is 5.91 Å². The van der Waals surface area contributed by atoms with Gasteiger partial charge in [-0.3, -0.25) is 4.79 Å². The Kier molecular flexibility index (Phi) is 3.09. The molecule has 1 amide bonds. The summed E-state index contributed by atoms with van der Waals surface area (Å²) < 4.78 is 0. The Morgan fingerprint density at radius 2 is 2.00 bits per heavy atom. The molecule has 3 nitrogen and oxygen atoms in total. The third kappa shape index (κ3) is 2.21. The smallest absolute Gasteiger partial charge is 0.219 e. The van der Waals surface area contributed by atoms with E-state index in [0.717, 1.165) is 25.9 Å². The SMILES string of the molecule is CC(=O)N1CCC(C)C(N)CC1. The van der Waals surface area contributed by atoms with E-state index in [1.807, 2.05) is 4.90 Å². The first-order valence-corrected chi connectivity index (χ1v) is 4.62. The Labute approximate surface area is 73.9 Å². The van der Waals surface area contributed by atoms with Crippen molar-refractivity contribution >= 4 is 5.91 Å². The fourth-order valence-corrected chi connectivity index (χ4v) is 1.59. The fraction of sp³-hybridized carbons (Fsp3) is 0.889. The van der Waals surface area contributed by atoms with Crippen molar-refractivity contribution in [2.45, 2.75) is 32.7 Å². The second-order valence-corrected chi connectivity index (χ2v) is 3.72. The highest BCUT2D eigenvalue weighted by molar-refractivity contribution is 5.73. The van der Waals surface area contributed by atoms with Gasteiger partial charge in [0, 0.05) is 26.1 Å². The number of carbonyl (C=O) groups excluding carboxylic acids is 1. The van der Waals surface area contributed by atoms with Gasteiger partial charge in [-0.15, -0.1) is 0 Å². The number of nitrogens with two attached hydrogens (primary N) is 1. The predicted molar refractivity (Wildman–Crippen MR) is 48.6 cm³/mol. The summed E-state index contributed by atoms with van der Waals surface area (Å²) in [6.07, 6.45) is 1.99. The van der Waals surface area contributed by atoms with E-state index in [2.05, 4.69) is 6.92 Å². The van der Waals surface area contributed by atoms with Crippen LogP contribution in [0.3, 0.4) is 0 Å². The van der Waals surface area contributed by atoms with Crippen LogP contribution in [-0.4, -0.2) is 29.9 Å². The Bertz CT molecular complexity index is 158. The lowest BCUT2D eigenvalue weighted by Crippen LogP contribution is -2.31. The lowest BCUT2D eigenvalue weighted by atomic mass is 9.98. The van der Waals surface area contributed by atoms with Crippen molar-refractivity contribution < 1.29 is 4.79 Å². The van der Waals surface area contributed by atoms with Crippen molar-refractivity contribution in [1.82, 2.24) is 4.90 Å². The molecule has 1 fully saturated rings. The average Bonchev–Trinajstić information content (AvgIpc) is 2.16. The van der Waals surface area contributed by atoms with Gasteiger partial charge in [-0.05, 0) is 18.8 Å². The highest BCUT2D eigenvalue weighted by atomic mass is 16.2. The van der Waals surface area contributed by atoms with Gasteiger partial charge in [0.05, 0.1) is 0 Å². The number of hydrogen-bond donors (Lipinski definition) is 1. The van der Waals surface area contributed by atoms with E-state index in [9.17, 15) is 4.79 Å². The van der Waals surface area contributed by atoms with Crippen LogP contribution in [0.4, 0.5) is 0 Å². The molecule has 1 aliphatic heterocycles. The summed E-state index contributed by atoms with van der Waals surface area (Å²) in [7, 11) is 0. The number of likely N-dealkylation sites (tertiary alicyclic amines) is 1. The Hall–Kier alpha value is -0.570. The van der Waals surface area contributed by atoms with Crippen LogP contribution in [0.15, 0.2) is 0 Å². The molecular weight excluding hydrogens is 152 g/mol. The standard InChI is InChI=1S/C9H18N2O/c1-7-3-5-11(8(2)12)6-4-9(7)10/h7,9H,3-6,10H2,1-2H3. The molecule has 0 aromatic carbocycles. The minimum Gasteiger partial charge on any atom is -0.343 e. The first kappa shape index (κ1) is 9.52. The first-order valence-electron chi connectivity index (χ1n) is 4.62. The highest BCUT2D eigenvalue weighted by Gasteiger charge is 2.20. The Morgan fingerprint density at radius 3 is 2.58 bits per heavy atom. The average molecular weight is 170 g/mol. The summed E-state index contributed by atoms with van der Waals surface area (Å²) in [6, 6.07) is 0.273.